The first-order chi connectivity index (χ1) is 10.2. The van der Waals surface area contributed by atoms with Gasteiger partial charge in [-0.25, -0.2) is 4.98 Å². The molecule has 0 amide bonds. The summed E-state index contributed by atoms with van der Waals surface area (Å²) in [7, 11) is 0. The number of aryl methyl sites for hydroxylation is 2. The maximum atomic E-state index is 4.58. The predicted octanol–water partition coefficient (Wildman–Crippen LogP) is 4.10. The van der Waals surface area contributed by atoms with Crippen LogP contribution in [0.25, 0.3) is 5.69 Å². The lowest BCUT2D eigenvalue weighted by Gasteiger charge is -2.10. The molecule has 0 spiro atoms. The lowest BCUT2D eigenvalue weighted by atomic mass is 10.1. The van der Waals surface area contributed by atoms with Gasteiger partial charge >= 0.3 is 0 Å². The van der Waals surface area contributed by atoms with Crippen molar-refractivity contribution in [1.82, 2.24) is 9.55 Å². The van der Waals surface area contributed by atoms with Crippen LogP contribution in [0.3, 0.4) is 0 Å². The molecule has 0 bridgehead atoms. The van der Waals surface area contributed by atoms with Crippen molar-refractivity contribution in [3.63, 3.8) is 0 Å². The Morgan fingerprint density at radius 2 is 1.81 bits per heavy atom. The summed E-state index contributed by atoms with van der Waals surface area (Å²) in [5, 5.41) is 3.43. The number of rotatable bonds is 4. The summed E-state index contributed by atoms with van der Waals surface area (Å²) in [6.45, 7) is 4.89. The molecule has 0 saturated carbocycles. The molecule has 2 aromatic carbocycles. The van der Waals surface area contributed by atoms with Gasteiger partial charge in [-0.15, -0.1) is 0 Å². The third-order valence-corrected chi connectivity index (χ3v) is 3.39. The number of para-hydroxylation sites is 1. The summed E-state index contributed by atoms with van der Waals surface area (Å²) >= 11 is 0. The molecule has 0 saturated heterocycles. The second kappa shape index (κ2) is 5.83. The topological polar surface area (TPSA) is 29.9 Å². The van der Waals surface area contributed by atoms with Crippen LogP contribution < -0.4 is 5.32 Å². The van der Waals surface area contributed by atoms with Gasteiger partial charge in [-0.2, -0.15) is 0 Å². The van der Waals surface area contributed by atoms with Gasteiger partial charge in [0.1, 0.15) is 0 Å². The van der Waals surface area contributed by atoms with Gasteiger partial charge in [0.05, 0.1) is 5.69 Å². The number of nitrogens with one attached hydrogen (secondary N) is 1. The normalized spacial score (nSPS) is 10.6. The molecule has 0 aliphatic heterocycles. The van der Waals surface area contributed by atoms with Gasteiger partial charge in [0.25, 0.3) is 0 Å². The number of aromatic nitrogens is 2. The number of hydrogen-bond acceptors (Lipinski definition) is 2. The van der Waals surface area contributed by atoms with E-state index in [2.05, 4.69) is 58.2 Å². The van der Waals surface area contributed by atoms with Crippen LogP contribution in [-0.2, 0) is 6.54 Å². The van der Waals surface area contributed by atoms with E-state index in [0.29, 0.717) is 0 Å². The quantitative estimate of drug-likeness (QED) is 0.778. The largest absolute Gasteiger partial charge is 0.351 e. The molecule has 3 heteroatoms. The van der Waals surface area contributed by atoms with E-state index >= 15 is 0 Å². The fourth-order valence-corrected chi connectivity index (χ4v) is 2.41. The van der Waals surface area contributed by atoms with Gasteiger partial charge in [0.15, 0.2) is 0 Å². The highest BCUT2D eigenvalue weighted by molar-refractivity contribution is 5.43. The molecule has 21 heavy (non-hydrogen) atoms. The van der Waals surface area contributed by atoms with Crippen LogP contribution in [0, 0.1) is 13.8 Å². The number of imidazole rings is 1. The van der Waals surface area contributed by atoms with E-state index in [1.165, 1.54) is 11.1 Å². The van der Waals surface area contributed by atoms with Gasteiger partial charge in [0.2, 0.25) is 5.95 Å². The van der Waals surface area contributed by atoms with Crippen LogP contribution in [-0.4, -0.2) is 9.55 Å². The summed E-state index contributed by atoms with van der Waals surface area (Å²) in [4.78, 5) is 4.58. The summed E-state index contributed by atoms with van der Waals surface area (Å²) in [6.07, 6.45) is 2.05. The SMILES string of the molecule is Cc1cccc(CNc2nc(C)cn2-c2ccccc2)c1. The van der Waals surface area contributed by atoms with Crippen LogP contribution in [0.1, 0.15) is 16.8 Å². The summed E-state index contributed by atoms with van der Waals surface area (Å²) in [5.41, 5.74) is 4.66. The summed E-state index contributed by atoms with van der Waals surface area (Å²) in [6, 6.07) is 18.8. The van der Waals surface area contributed by atoms with E-state index < -0.39 is 0 Å². The van der Waals surface area contributed by atoms with Crippen LogP contribution in [0.15, 0.2) is 60.8 Å². The Morgan fingerprint density at radius 1 is 1.00 bits per heavy atom. The fraction of sp³-hybridized carbons (Fsp3) is 0.167. The second-order valence-electron chi connectivity index (χ2n) is 5.25. The average molecular weight is 277 g/mol. The molecule has 3 aromatic rings. The standard InChI is InChI=1S/C18H19N3/c1-14-7-6-8-16(11-14)12-19-18-20-15(2)13-21(18)17-9-4-3-5-10-17/h3-11,13H,12H2,1-2H3,(H,19,20). The van der Waals surface area contributed by atoms with Crippen molar-refractivity contribution in [3.05, 3.63) is 77.6 Å². The Bertz CT molecular complexity index is 729. The van der Waals surface area contributed by atoms with E-state index in [-0.39, 0.29) is 0 Å². The smallest absolute Gasteiger partial charge is 0.208 e. The molecular weight excluding hydrogens is 258 g/mol. The first kappa shape index (κ1) is 13.4. The van der Waals surface area contributed by atoms with E-state index in [1.54, 1.807) is 0 Å². The molecule has 0 radical (unpaired) electrons. The molecule has 1 heterocycles. The molecule has 1 N–H and O–H groups in total. The van der Waals surface area contributed by atoms with Crippen molar-refractivity contribution in [2.45, 2.75) is 20.4 Å². The zero-order valence-corrected chi connectivity index (χ0v) is 12.4. The highest BCUT2D eigenvalue weighted by atomic mass is 15.2. The van der Waals surface area contributed by atoms with Crippen LogP contribution in [0.4, 0.5) is 5.95 Å². The minimum atomic E-state index is 0.769. The van der Waals surface area contributed by atoms with Crippen molar-refractivity contribution >= 4 is 5.95 Å². The molecule has 0 aliphatic carbocycles. The van der Waals surface area contributed by atoms with Gasteiger partial charge in [0, 0.05) is 18.4 Å². The van der Waals surface area contributed by atoms with E-state index in [1.807, 2.05) is 31.3 Å². The Hall–Kier alpha value is -2.55. The Labute approximate surface area is 125 Å². The molecule has 3 rings (SSSR count). The van der Waals surface area contributed by atoms with Crippen molar-refractivity contribution in [2.75, 3.05) is 5.32 Å². The van der Waals surface area contributed by atoms with Gasteiger partial charge in [-0.05, 0) is 31.5 Å². The molecule has 3 nitrogen and oxygen atoms in total. The third kappa shape index (κ3) is 3.14. The van der Waals surface area contributed by atoms with Gasteiger partial charge < -0.3 is 5.32 Å². The van der Waals surface area contributed by atoms with Crippen LogP contribution >= 0.6 is 0 Å². The Balaban J connectivity index is 1.83. The maximum Gasteiger partial charge on any atom is 0.208 e. The molecule has 0 aliphatic rings. The van der Waals surface area contributed by atoms with Crippen molar-refractivity contribution in [1.29, 1.82) is 0 Å². The monoisotopic (exact) mass is 277 g/mol. The Kier molecular flexibility index (Phi) is 3.73. The minimum Gasteiger partial charge on any atom is -0.351 e. The van der Waals surface area contributed by atoms with Crippen molar-refractivity contribution in [2.24, 2.45) is 0 Å². The van der Waals surface area contributed by atoms with E-state index in [4.69, 9.17) is 0 Å². The van der Waals surface area contributed by atoms with E-state index in [9.17, 15) is 0 Å². The zero-order valence-electron chi connectivity index (χ0n) is 12.4. The van der Waals surface area contributed by atoms with Crippen LogP contribution in [0.2, 0.25) is 0 Å². The average Bonchev–Trinajstić information content (AvgIpc) is 2.87. The minimum absolute atomic E-state index is 0.769. The lowest BCUT2D eigenvalue weighted by molar-refractivity contribution is 1.00. The van der Waals surface area contributed by atoms with Crippen LogP contribution in [0.5, 0.6) is 0 Å². The number of benzene rings is 2. The molecule has 106 valence electrons. The zero-order chi connectivity index (χ0) is 14.7. The number of nitrogens with zero attached hydrogens (tertiary/aromatic N) is 2. The summed E-state index contributed by atoms with van der Waals surface area (Å²) < 4.78 is 2.09. The molecule has 0 atom stereocenters. The fourth-order valence-electron chi connectivity index (χ4n) is 2.41. The maximum absolute atomic E-state index is 4.58. The molecule has 0 fully saturated rings. The molecule has 0 unspecified atom stereocenters. The first-order valence-corrected chi connectivity index (χ1v) is 7.13. The van der Waals surface area contributed by atoms with Crippen molar-refractivity contribution in [3.8, 4) is 5.69 Å². The number of anilines is 1. The Morgan fingerprint density at radius 3 is 2.57 bits per heavy atom. The van der Waals surface area contributed by atoms with Crippen molar-refractivity contribution < 1.29 is 0 Å². The first-order valence-electron chi connectivity index (χ1n) is 7.13. The second-order valence-corrected chi connectivity index (χ2v) is 5.25. The van der Waals surface area contributed by atoms with Gasteiger partial charge in [-0.3, -0.25) is 4.57 Å². The van der Waals surface area contributed by atoms with E-state index in [0.717, 1.165) is 23.9 Å². The molecule has 1 aromatic heterocycles. The summed E-state index contributed by atoms with van der Waals surface area (Å²) in [5.74, 6) is 0.875. The highest BCUT2D eigenvalue weighted by Gasteiger charge is 2.07. The number of hydrogen-bond donors (Lipinski definition) is 1. The lowest BCUT2D eigenvalue weighted by Crippen LogP contribution is -2.06. The predicted molar refractivity (Wildman–Crippen MR) is 86.8 cm³/mol. The van der Waals surface area contributed by atoms with Gasteiger partial charge in [-0.1, -0.05) is 48.0 Å². The molecular formula is C18H19N3. The third-order valence-electron chi connectivity index (χ3n) is 3.39. The highest BCUT2D eigenvalue weighted by Crippen LogP contribution is 2.17.